The molecule has 2 rings (SSSR count). The minimum absolute atomic E-state index is 0.171. The fraction of sp³-hybridized carbons (Fsp3) is 0.333. The van der Waals surface area contributed by atoms with Crippen LogP contribution in [-0.4, -0.2) is 22.1 Å². The van der Waals surface area contributed by atoms with Crippen molar-refractivity contribution in [1.82, 2.24) is 4.98 Å². The van der Waals surface area contributed by atoms with Gasteiger partial charge >= 0.3 is 5.97 Å². The quantitative estimate of drug-likeness (QED) is 0.914. The predicted molar refractivity (Wildman–Crippen MR) is 81.6 cm³/mol. The van der Waals surface area contributed by atoms with Crippen LogP contribution in [0.15, 0.2) is 29.6 Å². The molecule has 0 saturated carbocycles. The zero-order valence-corrected chi connectivity index (χ0v) is 12.6. The number of aromatic nitrogens is 1. The molecule has 20 heavy (non-hydrogen) atoms. The number of hydrogen-bond acceptors (Lipinski definition) is 4. The van der Waals surface area contributed by atoms with Crippen molar-refractivity contribution >= 4 is 23.1 Å². The summed E-state index contributed by atoms with van der Waals surface area (Å²) in [7, 11) is 0. The lowest BCUT2D eigenvalue weighted by atomic mass is 10.2. The van der Waals surface area contributed by atoms with Crippen molar-refractivity contribution in [2.45, 2.75) is 33.4 Å². The van der Waals surface area contributed by atoms with Crippen LogP contribution < -0.4 is 4.90 Å². The second-order valence-electron chi connectivity index (χ2n) is 4.93. The Morgan fingerprint density at radius 1 is 1.40 bits per heavy atom. The van der Waals surface area contributed by atoms with Gasteiger partial charge in [0.05, 0.1) is 6.54 Å². The molecule has 106 valence electrons. The Balaban J connectivity index is 2.43. The zero-order chi connectivity index (χ0) is 14.7. The molecular formula is C15H18N2O2S. The van der Waals surface area contributed by atoms with Gasteiger partial charge in [-0.25, -0.2) is 9.78 Å². The standard InChI is InChI=1S/C15H18N2O2S/c1-10(2)17(9-12-5-4-8-20-12)14-13(15(18)19)7-6-11(3)16-14/h4-8,10H,9H2,1-3H3,(H,18,19). The van der Waals surface area contributed by atoms with Crippen molar-refractivity contribution in [3.63, 3.8) is 0 Å². The summed E-state index contributed by atoms with van der Waals surface area (Å²) >= 11 is 1.66. The maximum Gasteiger partial charge on any atom is 0.339 e. The Bertz CT molecular complexity index is 594. The third-order valence-electron chi connectivity index (χ3n) is 3.05. The highest BCUT2D eigenvalue weighted by Crippen LogP contribution is 2.24. The molecule has 0 aliphatic carbocycles. The summed E-state index contributed by atoms with van der Waals surface area (Å²) < 4.78 is 0. The second-order valence-corrected chi connectivity index (χ2v) is 5.96. The monoisotopic (exact) mass is 290 g/mol. The van der Waals surface area contributed by atoms with E-state index in [0.29, 0.717) is 12.4 Å². The summed E-state index contributed by atoms with van der Waals surface area (Å²) in [6, 6.07) is 7.58. The molecule has 2 aromatic rings. The predicted octanol–water partition coefficient (Wildman–Crippen LogP) is 3.56. The van der Waals surface area contributed by atoms with Gasteiger partial charge in [0, 0.05) is 16.6 Å². The number of aryl methyl sites for hydroxylation is 1. The molecule has 0 atom stereocenters. The molecule has 0 spiro atoms. The number of carbonyl (C=O) groups is 1. The molecular weight excluding hydrogens is 272 g/mol. The van der Waals surface area contributed by atoms with Gasteiger partial charge in [-0.05, 0) is 44.4 Å². The van der Waals surface area contributed by atoms with Gasteiger partial charge in [-0.3, -0.25) is 0 Å². The van der Waals surface area contributed by atoms with E-state index in [0.717, 1.165) is 5.69 Å². The summed E-state index contributed by atoms with van der Waals surface area (Å²) in [5.41, 5.74) is 1.07. The van der Waals surface area contributed by atoms with Crippen LogP contribution in [0, 0.1) is 6.92 Å². The highest BCUT2D eigenvalue weighted by Gasteiger charge is 2.20. The molecule has 0 aliphatic rings. The molecule has 5 heteroatoms. The van der Waals surface area contributed by atoms with Crippen LogP contribution in [0.1, 0.15) is 34.8 Å². The normalized spacial score (nSPS) is 10.8. The number of carboxylic acids is 1. The molecule has 0 aromatic carbocycles. The summed E-state index contributed by atoms with van der Waals surface area (Å²) in [5.74, 6) is -0.398. The first-order chi connectivity index (χ1) is 9.49. The minimum atomic E-state index is -0.940. The van der Waals surface area contributed by atoms with Gasteiger partial charge in [-0.15, -0.1) is 11.3 Å². The second kappa shape index (κ2) is 6.05. The summed E-state index contributed by atoms with van der Waals surface area (Å²) in [5, 5.41) is 11.4. The average molecular weight is 290 g/mol. The fourth-order valence-electron chi connectivity index (χ4n) is 2.00. The molecule has 0 saturated heterocycles. The molecule has 0 aliphatic heterocycles. The van der Waals surface area contributed by atoms with Crippen molar-refractivity contribution in [1.29, 1.82) is 0 Å². The first kappa shape index (κ1) is 14.5. The van der Waals surface area contributed by atoms with Gasteiger partial charge in [-0.1, -0.05) is 6.07 Å². The molecule has 0 fully saturated rings. The largest absolute Gasteiger partial charge is 0.478 e. The van der Waals surface area contributed by atoms with Gasteiger partial charge in [0.15, 0.2) is 0 Å². The summed E-state index contributed by atoms with van der Waals surface area (Å²) in [6.07, 6.45) is 0. The van der Waals surface area contributed by atoms with Crippen LogP contribution in [-0.2, 0) is 6.54 Å². The van der Waals surface area contributed by atoms with Crippen LogP contribution >= 0.6 is 11.3 Å². The maximum atomic E-state index is 11.4. The molecule has 0 radical (unpaired) electrons. The Morgan fingerprint density at radius 3 is 2.70 bits per heavy atom. The maximum absolute atomic E-state index is 11.4. The van der Waals surface area contributed by atoms with Crippen LogP contribution in [0.4, 0.5) is 5.82 Å². The minimum Gasteiger partial charge on any atom is -0.478 e. The van der Waals surface area contributed by atoms with Crippen LogP contribution in [0.5, 0.6) is 0 Å². The van der Waals surface area contributed by atoms with Crippen LogP contribution in [0.3, 0.4) is 0 Å². The zero-order valence-electron chi connectivity index (χ0n) is 11.8. The SMILES string of the molecule is Cc1ccc(C(=O)O)c(N(Cc2cccs2)C(C)C)n1. The Labute approximate surface area is 122 Å². The van der Waals surface area contributed by atoms with Crippen molar-refractivity contribution in [2.24, 2.45) is 0 Å². The van der Waals surface area contributed by atoms with Gasteiger partial charge in [-0.2, -0.15) is 0 Å². The molecule has 1 N–H and O–H groups in total. The lowest BCUT2D eigenvalue weighted by Gasteiger charge is -2.28. The topological polar surface area (TPSA) is 53.4 Å². The summed E-state index contributed by atoms with van der Waals surface area (Å²) in [4.78, 5) is 19.1. The van der Waals surface area contributed by atoms with E-state index in [1.165, 1.54) is 4.88 Å². The van der Waals surface area contributed by atoms with Crippen molar-refractivity contribution < 1.29 is 9.90 Å². The lowest BCUT2D eigenvalue weighted by molar-refractivity contribution is 0.0697. The first-order valence-electron chi connectivity index (χ1n) is 6.49. The van der Waals surface area contributed by atoms with Crippen molar-refractivity contribution in [3.8, 4) is 0 Å². The third kappa shape index (κ3) is 3.17. The lowest BCUT2D eigenvalue weighted by Crippen LogP contribution is -2.32. The number of thiophene rings is 1. The van der Waals surface area contributed by atoms with Gasteiger partial charge < -0.3 is 10.0 Å². The van der Waals surface area contributed by atoms with Crippen molar-refractivity contribution in [3.05, 3.63) is 45.8 Å². The number of carboxylic acid groups (broad SMARTS) is 1. The Morgan fingerprint density at radius 2 is 2.15 bits per heavy atom. The van der Waals surface area contributed by atoms with Gasteiger partial charge in [0.1, 0.15) is 11.4 Å². The molecule has 0 amide bonds. The van der Waals surface area contributed by atoms with E-state index in [9.17, 15) is 9.90 Å². The number of rotatable bonds is 5. The first-order valence-corrected chi connectivity index (χ1v) is 7.37. The third-order valence-corrected chi connectivity index (χ3v) is 3.91. The van der Waals surface area contributed by atoms with E-state index < -0.39 is 5.97 Å². The Hall–Kier alpha value is -1.88. The molecule has 2 heterocycles. The van der Waals surface area contributed by atoms with Gasteiger partial charge in [0.25, 0.3) is 0 Å². The van der Waals surface area contributed by atoms with E-state index in [1.54, 1.807) is 23.5 Å². The number of anilines is 1. The average Bonchev–Trinajstić information content (AvgIpc) is 2.87. The van der Waals surface area contributed by atoms with Gasteiger partial charge in [0.2, 0.25) is 0 Å². The number of nitrogens with zero attached hydrogens (tertiary/aromatic N) is 2. The van der Waals surface area contributed by atoms with Crippen LogP contribution in [0.2, 0.25) is 0 Å². The molecule has 2 aromatic heterocycles. The molecule has 4 nitrogen and oxygen atoms in total. The summed E-state index contributed by atoms with van der Waals surface area (Å²) in [6.45, 7) is 6.64. The van der Waals surface area contributed by atoms with E-state index >= 15 is 0 Å². The van der Waals surface area contributed by atoms with Crippen LogP contribution in [0.25, 0.3) is 0 Å². The smallest absolute Gasteiger partial charge is 0.339 e. The van der Waals surface area contributed by atoms with E-state index in [-0.39, 0.29) is 11.6 Å². The van der Waals surface area contributed by atoms with Crippen molar-refractivity contribution in [2.75, 3.05) is 4.90 Å². The highest BCUT2D eigenvalue weighted by molar-refractivity contribution is 7.09. The fourth-order valence-corrected chi connectivity index (χ4v) is 2.70. The van der Waals surface area contributed by atoms with E-state index in [1.807, 2.05) is 37.1 Å². The number of hydrogen-bond donors (Lipinski definition) is 1. The van der Waals surface area contributed by atoms with E-state index in [2.05, 4.69) is 11.1 Å². The highest BCUT2D eigenvalue weighted by atomic mass is 32.1. The molecule has 0 unspecified atom stereocenters. The number of aromatic carboxylic acids is 1. The van der Waals surface area contributed by atoms with E-state index in [4.69, 9.17) is 0 Å². The number of pyridine rings is 1. The molecule has 0 bridgehead atoms. The Kier molecular flexibility index (Phi) is 4.39.